The third kappa shape index (κ3) is 3.80. The quantitative estimate of drug-likeness (QED) is 0.898. The number of ether oxygens (including phenoxy) is 1. The molecule has 2 aromatic rings. The zero-order valence-corrected chi connectivity index (χ0v) is 17.0. The fourth-order valence-electron chi connectivity index (χ4n) is 4.05. The molecule has 3 rings (SSSR count). The van der Waals surface area contributed by atoms with E-state index in [9.17, 15) is 4.79 Å². The monoisotopic (exact) mass is 370 g/mol. The number of nitrogens with zero attached hydrogens (tertiary/aromatic N) is 3. The molecule has 0 aliphatic carbocycles. The summed E-state index contributed by atoms with van der Waals surface area (Å²) in [5.74, 6) is 0.919. The van der Waals surface area contributed by atoms with Crippen LogP contribution in [0.3, 0.4) is 0 Å². The number of rotatable bonds is 4. The number of urea groups is 1. The van der Waals surface area contributed by atoms with Crippen LogP contribution in [-0.4, -0.2) is 40.9 Å². The van der Waals surface area contributed by atoms with E-state index in [1.807, 2.05) is 35.7 Å². The Hall–Kier alpha value is -2.50. The molecule has 1 aromatic heterocycles. The number of hydrogen-bond acceptors (Lipinski definition) is 3. The molecule has 6 nitrogen and oxygen atoms in total. The summed E-state index contributed by atoms with van der Waals surface area (Å²) < 4.78 is 7.39. The maximum absolute atomic E-state index is 13.0. The first-order chi connectivity index (χ1) is 13.0. The summed E-state index contributed by atoms with van der Waals surface area (Å²) in [6.45, 7) is 7.57. The van der Waals surface area contributed by atoms with E-state index >= 15 is 0 Å². The average molecular weight is 370 g/mol. The maximum Gasteiger partial charge on any atom is 0.317 e. The maximum atomic E-state index is 13.0. The van der Waals surface area contributed by atoms with Crippen LogP contribution < -0.4 is 10.1 Å². The zero-order valence-electron chi connectivity index (χ0n) is 17.0. The summed E-state index contributed by atoms with van der Waals surface area (Å²) in [5, 5.41) is 7.73. The van der Waals surface area contributed by atoms with Gasteiger partial charge in [0, 0.05) is 31.4 Å². The second kappa shape index (κ2) is 8.03. The van der Waals surface area contributed by atoms with E-state index in [4.69, 9.17) is 4.74 Å². The van der Waals surface area contributed by atoms with Gasteiger partial charge in [0.05, 0.1) is 18.8 Å². The highest BCUT2D eigenvalue weighted by atomic mass is 16.5. The molecular formula is C21H30N4O2. The number of amides is 2. The Labute approximate surface area is 161 Å². The molecule has 27 heavy (non-hydrogen) atoms. The smallest absolute Gasteiger partial charge is 0.317 e. The van der Waals surface area contributed by atoms with Crippen molar-refractivity contribution in [2.75, 3.05) is 20.2 Å². The molecule has 1 atom stereocenters. The molecule has 1 unspecified atom stereocenters. The van der Waals surface area contributed by atoms with Crippen molar-refractivity contribution in [2.45, 2.75) is 46.1 Å². The molecule has 146 valence electrons. The molecule has 0 bridgehead atoms. The molecule has 1 aromatic carbocycles. The third-order valence-electron chi connectivity index (χ3n) is 5.64. The lowest BCUT2D eigenvalue weighted by atomic mass is 10.0. The van der Waals surface area contributed by atoms with E-state index in [1.165, 1.54) is 11.1 Å². The second-order valence-electron chi connectivity index (χ2n) is 7.20. The predicted molar refractivity (Wildman–Crippen MR) is 106 cm³/mol. The average Bonchev–Trinajstić information content (AvgIpc) is 2.83. The van der Waals surface area contributed by atoms with Gasteiger partial charge in [0.25, 0.3) is 0 Å². The molecule has 1 aliphatic heterocycles. The Morgan fingerprint density at radius 1 is 1.30 bits per heavy atom. The standard InChI is InChI=1S/C21H30N4O2/c1-6-18(20-14(2)23-24(4)15(20)3)22-21(26)25-12-10-16-8-7-9-19(27-5)17(16)11-13-25/h7-9,18H,6,10-13H2,1-5H3,(H,22,26). The minimum absolute atomic E-state index is 0.00345. The Morgan fingerprint density at radius 3 is 2.67 bits per heavy atom. The fourth-order valence-corrected chi connectivity index (χ4v) is 4.05. The fraction of sp³-hybridized carbons (Fsp3) is 0.524. The summed E-state index contributed by atoms with van der Waals surface area (Å²) >= 11 is 0. The van der Waals surface area contributed by atoms with Crippen LogP contribution >= 0.6 is 0 Å². The first-order valence-electron chi connectivity index (χ1n) is 9.66. The van der Waals surface area contributed by atoms with Crippen molar-refractivity contribution in [2.24, 2.45) is 7.05 Å². The van der Waals surface area contributed by atoms with Gasteiger partial charge in [-0.05, 0) is 50.3 Å². The summed E-state index contributed by atoms with van der Waals surface area (Å²) in [5.41, 5.74) is 5.72. The van der Waals surface area contributed by atoms with Crippen molar-refractivity contribution < 1.29 is 9.53 Å². The van der Waals surface area contributed by atoms with E-state index < -0.39 is 0 Å². The van der Waals surface area contributed by atoms with E-state index in [0.717, 1.165) is 42.0 Å². The lowest BCUT2D eigenvalue weighted by Gasteiger charge is -2.25. The van der Waals surface area contributed by atoms with Crippen molar-refractivity contribution >= 4 is 6.03 Å². The molecule has 1 N–H and O–H groups in total. The zero-order chi connectivity index (χ0) is 19.6. The van der Waals surface area contributed by atoms with Crippen LogP contribution in [0, 0.1) is 13.8 Å². The lowest BCUT2D eigenvalue weighted by Crippen LogP contribution is -2.43. The Balaban J connectivity index is 1.73. The van der Waals surface area contributed by atoms with Crippen LogP contribution in [0.25, 0.3) is 0 Å². The van der Waals surface area contributed by atoms with Gasteiger partial charge < -0.3 is 15.0 Å². The molecule has 0 saturated carbocycles. The molecule has 0 fully saturated rings. The Morgan fingerprint density at radius 2 is 2.04 bits per heavy atom. The molecular weight excluding hydrogens is 340 g/mol. The summed E-state index contributed by atoms with van der Waals surface area (Å²) in [4.78, 5) is 14.9. The minimum Gasteiger partial charge on any atom is -0.496 e. The van der Waals surface area contributed by atoms with Gasteiger partial charge in [-0.25, -0.2) is 4.79 Å². The van der Waals surface area contributed by atoms with E-state index in [0.29, 0.717) is 13.1 Å². The topological polar surface area (TPSA) is 59.4 Å². The van der Waals surface area contributed by atoms with E-state index in [2.05, 4.69) is 30.3 Å². The van der Waals surface area contributed by atoms with Crippen molar-refractivity contribution in [1.82, 2.24) is 20.0 Å². The lowest BCUT2D eigenvalue weighted by molar-refractivity contribution is 0.195. The van der Waals surface area contributed by atoms with Gasteiger partial charge in [0.15, 0.2) is 0 Å². The number of aromatic nitrogens is 2. The van der Waals surface area contributed by atoms with Gasteiger partial charge in [0.1, 0.15) is 5.75 Å². The number of fused-ring (bicyclic) bond motifs is 1. The first-order valence-corrected chi connectivity index (χ1v) is 9.66. The number of carbonyl (C=O) groups is 1. The number of hydrogen-bond donors (Lipinski definition) is 1. The summed E-state index contributed by atoms with van der Waals surface area (Å²) in [6.07, 6.45) is 2.50. The number of benzene rings is 1. The van der Waals surface area contributed by atoms with Crippen LogP contribution in [0.15, 0.2) is 18.2 Å². The summed E-state index contributed by atoms with van der Waals surface area (Å²) in [7, 11) is 3.65. The van der Waals surface area contributed by atoms with Crippen molar-refractivity contribution in [3.63, 3.8) is 0 Å². The van der Waals surface area contributed by atoms with Crippen LogP contribution in [0.4, 0.5) is 4.79 Å². The Kier molecular flexibility index (Phi) is 5.73. The van der Waals surface area contributed by atoms with Crippen LogP contribution in [0.1, 0.15) is 47.5 Å². The number of carbonyl (C=O) groups excluding carboxylic acids is 1. The number of aryl methyl sites for hydroxylation is 2. The van der Waals surface area contributed by atoms with Gasteiger partial charge in [-0.3, -0.25) is 4.68 Å². The normalized spacial score (nSPS) is 15.1. The molecule has 2 amide bonds. The van der Waals surface area contributed by atoms with E-state index in [-0.39, 0.29) is 12.1 Å². The van der Waals surface area contributed by atoms with Gasteiger partial charge in [0.2, 0.25) is 0 Å². The van der Waals surface area contributed by atoms with Crippen molar-refractivity contribution in [1.29, 1.82) is 0 Å². The van der Waals surface area contributed by atoms with E-state index in [1.54, 1.807) is 7.11 Å². The van der Waals surface area contributed by atoms with Gasteiger partial charge in [-0.1, -0.05) is 19.1 Å². The molecule has 0 spiro atoms. The van der Waals surface area contributed by atoms with Gasteiger partial charge in [-0.15, -0.1) is 0 Å². The van der Waals surface area contributed by atoms with Gasteiger partial charge >= 0.3 is 6.03 Å². The number of methoxy groups -OCH3 is 1. The van der Waals surface area contributed by atoms with Crippen LogP contribution in [0.5, 0.6) is 5.75 Å². The molecule has 1 aliphatic rings. The predicted octanol–water partition coefficient (Wildman–Crippen LogP) is 3.31. The minimum atomic E-state index is -0.0219. The second-order valence-corrected chi connectivity index (χ2v) is 7.20. The summed E-state index contributed by atoms with van der Waals surface area (Å²) in [6, 6.07) is 6.13. The SMILES string of the molecule is CCC(NC(=O)N1CCc2cccc(OC)c2CC1)c1c(C)nn(C)c1C. The largest absolute Gasteiger partial charge is 0.496 e. The highest BCUT2D eigenvalue weighted by molar-refractivity contribution is 5.75. The number of nitrogens with one attached hydrogen (secondary N) is 1. The molecule has 2 heterocycles. The third-order valence-corrected chi connectivity index (χ3v) is 5.64. The molecule has 0 saturated heterocycles. The van der Waals surface area contributed by atoms with Crippen LogP contribution in [-0.2, 0) is 19.9 Å². The highest BCUT2D eigenvalue weighted by Gasteiger charge is 2.25. The molecule has 6 heteroatoms. The van der Waals surface area contributed by atoms with Crippen LogP contribution in [0.2, 0.25) is 0 Å². The highest BCUT2D eigenvalue weighted by Crippen LogP contribution is 2.27. The van der Waals surface area contributed by atoms with Crippen molar-refractivity contribution in [3.8, 4) is 5.75 Å². The first kappa shape index (κ1) is 19.3. The van der Waals surface area contributed by atoms with Crippen molar-refractivity contribution in [3.05, 3.63) is 46.3 Å². The van der Waals surface area contributed by atoms with Gasteiger partial charge in [-0.2, -0.15) is 5.10 Å². The molecule has 0 radical (unpaired) electrons. The Bertz CT molecular complexity index is 828.